The van der Waals surface area contributed by atoms with Crippen LogP contribution >= 0.6 is 15.9 Å². The first kappa shape index (κ1) is 9.67. The second-order valence-electron chi connectivity index (χ2n) is 2.36. The Morgan fingerprint density at radius 2 is 2.08 bits per heavy atom. The standard InChI is InChI=1S/C7H12BrN3O/c1-3-12-5-7-10-9-6(4-8)11(7)2/h3-5H2,1-2H3. The molecule has 0 aliphatic rings. The SMILES string of the molecule is CCOCc1nnc(CBr)n1C. The second kappa shape index (κ2) is 4.57. The van der Waals surface area contributed by atoms with Crippen LogP contribution in [0.15, 0.2) is 0 Å². The van der Waals surface area contributed by atoms with E-state index in [1.807, 2.05) is 18.5 Å². The van der Waals surface area contributed by atoms with Gasteiger partial charge in [0.05, 0.1) is 5.33 Å². The number of aromatic nitrogens is 3. The number of hydrogen-bond acceptors (Lipinski definition) is 3. The van der Waals surface area contributed by atoms with Gasteiger partial charge in [-0.15, -0.1) is 10.2 Å². The molecule has 0 fully saturated rings. The molecule has 0 N–H and O–H groups in total. The summed E-state index contributed by atoms with van der Waals surface area (Å²) in [6.45, 7) is 3.20. The van der Waals surface area contributed by atoms with Crippen LogP contribution in [0.25, 0.3) is 0 Å². The molecule has 0 amide bonds. The van der Waals surface area contributed by atoms with E-state index < -0.39 is 0 Å². The Hall–Kier alpha value is -0.420. The van der Waals surface area contributed by atoms with Gasteiger partial charge in [-0.1, -0.05) is 15.9 Å². The molecule has 0 radical (unpaired) electrons. The topological polar surface area (TPSA) is 39.9 Å². The Morgan fingerprint density at radius 3 is 2.58 bits per heavy atom. The van der Waals surface area contributed by atoms with Crippen LogP contribution in [0.1, 0.15) is 18.6 Å². The van der Waals surface area contributed by atoms with Gasteiger partial charge in [-0.05, 0) is 6.92 Å². The Morgan fingerprint density at radius 1 is 1.42 bits per heavy atom. The zero-order valence-electron chi connectivity index (χ0n) is 7.25. The molecule has 0 saturated carbocycles. The molecule has 0 aliphatic carbocycles. The summed E-state index contributed by atoms with van der Waals surface area (Å²) in [7, 11) is 1.94. The van der Waals surface area contributed by atoms with E-state index in [2.05, 4.69) is 26.1 Å². The fraction of sp³-hybridized carbons (Fsp3) is 0.714. The number of halogens is 1. The molecular formula is C7H12BrN3O. The maximum atomic E-state index is 5.22. The van der Waals surface area contributed by atoms with Crippen LogP contribution in [0.5, 0.6) is 0 Å². The Labute approximate surface area is 80.1 Å². The van der Waals surface area contributed by atoms with Gasteiger partial charge in [-0.2, -0.15) is 0 Å². The van der Waals surface area contributed by atoms with Gasteiger partial charge in [0.1, 0.15) is 12.4 Å². The van der Waals surface area contributed by atoms with Crippen molar-refractivity contribution < 1.29 is 4.74 Å². The molecule has 0 bridgehead atoms. The van der Waals surface area contributed by atoms with Gasteiger partial charge >= 0.3 is 0 Å². The number of ether oxygens (including phenoxy) is 1. The van der Waals surface area contributed by atoms with Crippen LogP contribution in [0.2, 0.25) is 0 Å². The molecule has 0 saturated heterocycles. The van der Waals surface area contributed by atoms with Crippen LogP contribution in [0.3, 0.4) is 0 Å². The molecule has 0 aliphatic heterocycles. The van der Waals surface area contributed by atoms with E-state index >= 15 is 0 Å². The van der Waals surface area contributed by atoms with E-state index in [4.69, 9.17) is 4.74 Å². The zero-order valence-corrected chi connectivity index (χ0v) is 8.84. The molecule has 1 aromatic heterocycles. The minimum absolute atomic E-state index is 0.535. The molecule has 1 aromatic rings. The largest absolute Gasteiger partial charge is 0.374 e. The third-order valence-corrected chi connectivity index (χ3v) is 2.11. The number of rotatable bonds is 4. The average Bonchev–Trinajstić information content (AvgIpc) is 2.43. The lowest BCUT2D eigenvalue weighted by molar-refractivity contribution is 0.126. The van der Waals surface area contributed by atoms with E-state index in [0.29, 0.717) is 13.2 Å². The van der Waals surface area contributed by atoms with Crippen LogP contribution < -0.4 is 0 Å². The number of nitrogens with zero attached hydrogens (tertiary/aromatic N) is 3. The van der Waals surface area contributed by atoms with Crippen molar-refractivity contribution in [1.82, 2.24) is 14.8 Å². The lowest BCUT2D eigenvalue weighted by atomic mass is 10.6. The van der Waals surface area contributed by atoms with Crippen molar-refractivity contribution in [3.63, 3.8) is 0 Å². The zero-order chi connectivity index (χ0) is 8.97. The highest BCUT2D eigenvalue weighted by molar-refractivity contribution is 9.08. The molecule has 1 rings (SSSR count). The number of alkyl halides is 1. The van der Waals surface area contributed by atoms with Gasteiger partial charge in [0, 0.05) is 13.7 Å². The molecule has 12 heavy (non-hydrogen) atoms. The minimum Gasteiger partial charge on any atom is -0.374 e. The van der Waals surface area contributed by atoms with Crippen molar-refractivity contribution in [2.24, 2.45) is 7.05 Å². The molecule has 4 nitrogen and oxygen atoms in total. The summed E-state index contributed by atoms with van der Waals surface area (Å²) in [6.07, 6.45) is 0. The molecule has 0 aromatic carbocycles. The monoisotopic (exact) mass is 233 g/mol. The van der Waals surface area contributed by atoms with Gasteiger partial charge in [-0.3, -0.25) is 0 Å². The highest BCUT2D eigenvalue weighted by Gasteiger charge is 2.05. The van der Waals surface area contributed by atoms with Crippen molar-refractivity contribution in [1.29, 1.82) is 0 Å². The van der Waals surface area contributed by atoms with Crippen LogP contribution in [0, 0.1) is 0 Å². The van der Waals surface area contributed by atoms with Crippen molar-refractivity contribution in [3.8, 4) is 0 Å². The van der Waals surface area contributed by atoms with E-state index in [-0.39, 0.29) is 0 Å². The maximum absolute atomic E-state index is 5.22. The average molecular weight is 234 g/mol. The van der Waals surface area contributed by atoms with Crippen molar-refractivity contribution in [3.05, 3.63) is 11.6 Å². The molecule has 68 valence electrons. The molecule has 0 atom stereocenters. The quantitative estimate of drug-likeness (QED) is 0.736. The summed E-state index contributed by atoms with van der Waals surface area (Å²) in [5, 5.41) is 8.68. The molecule has 1 heterocycles. The summed E-state index contributed by atoms with van der Waals surface area (Å²) >= 11 is 3.33. The van der Waals surface area contributed by atoms with Crippen LogP contribution in [-0.4, -0.2) is 21.4 Å². The van der Waals surface area contributed by atoms with Gasteiger partial charge in [-0.25, -0.2) is 0 Å². The fourth-order valence-corrected chi connectivity index (χ4v) is 1.32. The first-order valence-corrected chi connectivity index (χ1v) is 4.92. The first-order valence-electron chi connectivity index (χ1n) is 3.80. The van der Waals surface area contributed by atoms with E-state index in [9.17, 15) is 0 Å². The summed E-state index contributed by atoms with van der Waals surface area (Å²) in [6, 6.07) is 0. The molecule has 0 unspecified atom stereocenters. The lowest BCUT2D eigenvalue weighted by Crippen LogP contribution is -2.03. The molecular weight excluding hydrogens is 222 g/mol. The highest BCUT2D eigenvalue weighted by atomic mass is 79.9. The molecule has 5 heteroatoms. The normalized spacial score (nSPS) is 10.6. The Balaban J connectivity index is 2.66. The van der Waals surface area contributed by atoms with Crippen molar-refractivity contribution >= 4 is 15.9 Å². The summed E-state index contributed by atoms with van der Waals surface area (Å²) in [5.74, 6) is 1.79. The highest BCUT2D eigenvalue weighted by Crippen LogP contribution is 2.04. The smallest absolute Gasteiger partial charge is 0.158 e. The van der Waals surface area contributed by atoms with Gasteiger partial charge in [0.15, 0.2) is 5.82 Å². The van der Waals surface area contributed by atoms with Gasteiger partial charge in [0.2, 0.25) is 0 Å². The Bertz CT molecular complexity index is 249. The summed E-state index contributed by atoms with van der Waals surface area (Å²) in [4.78, 5) is 0. The van der Waals surface area contributed by atoms with Crippen LogP contribution in [0.4, 0.5) is 0 Å². The fourth-order valence-electron chi connectivity index (χ4n) is 0.834. The second-order valence-corrected chi connectivity index (χ2v) is 2.92. The predicted octanol–water partition coefficient (Wildman–Crippen LogP) is 1.25. The maximum Gasteiger partial charge on any atom is 0.158 e. The van der Waals surface area contributed by atoms with Gasteiger partial charge in [0.25, 0.3) is 0 Å². The minimum atomic E-state index is 0.535. The van der Waals surface area contributed by atoms with E-state index in [1.165, 1.54) is 0 Å². The summed E-state index contributed by atoms with van der Waals surface area (Å²) in [5.41, 5.74) is 0. The van der Waals surface area contributed by atoms with E-state index in [0.717, 1.165) is 17.0 Å². The Kier molecular flexibility index (Phi) is 3.68. The third-order valence-electron chi connectivity index (χ3n) is 1.61. The number of hydrogen-bond donors (Lipinski definition) is 0. The third kappa shape index (κ3) is 2.04. The van der Waals surface area contributed by atoms with Crippen molar-refractivity contribution in [2.75, 3.05) is 6.61 Å². The van der Waals surface area contributed by atoms with E-state index in [1.54, 1.807) is 0 Å². The molecule has 0 spiro atoms. The summed E-state index contributed by atoms with van der Waals surface area (Å²) < 4.78 is 7.15. The van der Waals surface area contributed by atoms with Gasteiger partial charge < -0.3 is 9.30 Å². The predicted molar refractivity (Wildman–Crippen MR) is 49.0 cm³/mol. The first-order chi connectivity index (χ1) is 5.79. The van der Waals surface area contributed by atoms with Crippen molar-refractivity contribution in [2.45, 2.75) is 18.9 Å². The lowest BCUT2D eigenvalue weighted by Gasteiger charge is -2.01. The van der Waals surface area contributed by atoms with Crippen LogP contribution in [-0.2, 0) is 23.7 Å².